The minimum absolute atomic E-state index is 0.660. The van der Waals surface area contributed by atoms with Crippen LogP contribution in [0.15, 0.2) is 48.5 Å². The average Bonchev–Trinajstić information content (AvgIpc) is 2.85. The van der Waals surface area contributed by atoms with Gasteiger partial charge >= 0.3 is 5.97 Å². The van der Waals surface area contributed by atoms with Crippen LogP contribution < -0.4 is 0 Å². The molecule has 0 amide bonds. The third-order valence-corrected chi connectivity index (χ3v) is 6.46. The number of hydrogen-bond donors (Lipinski definition) is 1. The Balaban J connectivity index is 1.72. The van der Waals surface area contributed by atoms with E-state index >= 15 is 0 Å². The van der Waals surface area contributed by atoms with Gasteiger partial charge in [0.1, 0.15) is 5.41 Å². The van der Waals surface area contributed by atoms with Gasteiger partial charge in [0.25, 0.3) is 0 Å². The number of likely N-dealkylation sites (tertiary alicyclic amines) is 1. The first kappa shape index (κ1) is 18.2. The number of hydrogen-bond acceptors (Lipinski definition) is 2. The molecule has 27 heavy (non-hydrogen) atoms. The van der Waals surface area contributed by atoms with E-state index < -0.39 is 11.4 Å². The molecule has 1 N–H and O–H groups in total. The molecule has 1 heterocycles. The van der Waals surface area contributed by atoms with Gasteiger partial charge in [0, 0.05) is 0 Å². The molecule has 0 radical (unpaired) electrons. The average molecular weight is 364 g/mol. The van der Waals surface area contributed by atoms with Crippen LogP contribution in [0.1, 0.15) is 54.4 Å². The summed E-state index contributed by atoms with van der Waals surface area (Å²) in [6, 6.07) is 16.4. The van der Waals surface area contributed by atoms with Gasteiger partial charge in [-0.15, -0.1) is 0 Å². The van der Waals surface area contributed by atoms with Crippen molar-refractivity contribution in [1.82, 2.24) is 4.90 Å². The largest absolute Gasteiger partial charge is 0.480 e. The third kappa shape index (κ3) is 3.41. The molecule has 2 aliphatic rings. The van der Waals surface area contributed by atoms with Crippen LogP contribution in [0.2, 0.25) is 0 Å². The number of carboxylic acid groups (broad SMARTS) is 1. The summed E-state index contributed by atoms with van der Waals surface area (Å²) in [6.07, 6.45) is 7.27. The number of nitrogens with zero attached hydrogens (tertiary/aromatic N) is 1. The van der Waals surface area contributed by atoms with E-state index in [0.717, 1.165) is 50.0 Å². The Morgan fingerprint density at radius 2 is 1.44 bits per heavy atom. The van der Waals surface area contributed by atoms with Crippen molar-refractivity contribution in [3.05, 3.63) is 70.8 Å². The second-order valence-electron chi connectivity index (χ2n) is 8.03. The maximum Gasteiger partial charge on any atom is 0.318 e. The first-order valence-electron chi connectivity index (χ1n) is 10.3. The van der Waals surface area contributed by atoms with Crippen molar-refractivity contribution in [2.75, 3.05) is 19.6 Å². The summed E-state index contributed by atoms with van der Waals surface area (Å²) in [4.78, 5) is 15.3. The highest BCUT2D eigenvalue weighted by molar-refractivity contribution is 5.87. The molecule has 2 aromatic carbocycles. The normalized spacial score (nSPS) is 19.0. The van der Waals surface area contributed by atoms with E-state index in [4.69, 9.17) is 0 Å². The summed E-state index contributed by atoms with van der Waals surface area (Å²) in [7, 11) is 0. The molecule has 0 saturated carbocycles. The van der Waals surface area contributed by atoms with E-state index in [1.165, 1.54) is 30.4 Å². The zero-order chi connectivity index (χ0) is 18.7. The van der Waals surface area contributed by atoms with Crippen molar-refractivity contribution in [3.8, 4) is 0 Å². The van der Waals surface area contributed by atoms with E-state index in [0.29, 0.717) is 6.42 Å². The summed E-state index contributed by atoms with van der Waals surface area (Å²) < 4.78 is 0. The quantitative estimate of drug-likeness (QED) is 0.855. The zero-order valence-corrected chi connectivity index (χ0v) is 16.0. The Bertz CT molecular complexity index is 760. The maximum absolute atomic E-state index is 12.8. The molecule has 4 rings (SSSR count). The highest BCUT2D eigenvalue weighted by Crippen LogP contribution is 2.43. The summed E-state index contributed by atoms with van der Waals surface area (Å²) in [5, 5.41) is 10.5. The zero-order valence-electron chi connectivity index (χ0n) is 16.0. The summed E-state index contributed by atoms with van der Waals surface area (Å²) in [6.45, 7) is 3.32. The molecule has 1 aliphatic heterocycles. The van der Waals surface area contributed by atoms with E-state index in [9.17, 15) is 9.90 Å². The lowest BCUT2D eigenvalue weighted by atomic mass is 9.69. The van der Waals surface area contributed by atoms with Gasteiger partial charge in [-0.05, 0) is 80.4 Å². The second-order valence-corrected chi connectivity index (χ2v) is 8.03. The Labute approximate surface area is 162 Å². The van der Waals surface area contributed by atoms with Gasteiger partial charge in [-0.1, -0.05) is 55.0 Å². The van der Waals surface area contributed by atoms with Crippen LogP contribution in [0.3, 0.4) is 0 Å². The number of benzene rings is 2. The molecule has 0 bridgehead atoms. The first-order chi connectivity index (χ1) is 13.2. The smallest absolute Gasteiger partial charge is 0.318 e. The molecule has 1 saturated heterocycles. The van der Waals surface area contributed by atoms with E-state index in [1.807, 2.05) is 36.4 Å². The molecule has 1 fully saturated rings. The molecule has 142 valence electrons. The van der Waals surface area contributed by atoms with Gasteiger partial charge in [-0.2, -0.15) is 0 Å². The number of rotatable bonds is 5. The highest BCUT2D eigenvalue weighted by Gasteiger charge is 2.45. The first-order valence-corrected chi connectivity index (χ1v) is 10.3. The molecule has 0 spiro atoms. The summed E-state index contributed by atoms with van der Waals surface area (Å²) in [5.74, 6) is -0.706. The number of aliphatic carboxylic acids is 1. The van der Waals surface area contributed by atoms with Crippen molar-refractivity contribution < 1.29 is 9.90 Å². The molecule has 3 nitrogen and oxygen atoms in total. The van der Waals surface area contributed by atoms with Gasteiger partial charge in [0.2, 0.25) is 0 Å². The lowest BCUT2D eigenvalue weighted by Crippen LogP contribution is -2.39. The predicted molar refractivity (Wildman–Crippen MR) is 108 cm³/mol. The Morgan fingerprint density at radius 1 is 0.889 bits per heavy atom. The lowest BCUT2D eigenvalue weighted by Gasteiger charge is -2.34. The fourth-order valence-corrected chi connectivity index (χ4v) is 5.08. The van der Waals surface area contributed by atoms with Crippen LogP contribution in [-0.4, -0.2) is 35.6 Å². The number of aryl methyl sites for hydroxylation is 2. The number of carbonyl (C=O) groups is 1. The molecule has 3 heteroatoms. The van der Waals surface area contributed by atoms with Gasteiger partial charge in [0.05, 0.1) is 0 Å². The van der Waals surface area contributed by atoms with Crippen molar-refractivity contribution in [1.29, 1.82) is 0 Å². The number of piperidine rings is 1. The summed E-state index contributed by atoms with van der Waals surface area (Å²) >= 11 is 0. The van der Waals surface area contributed by atoms with Gasteiger partial charge in [-0.3, -0.25) is 4.79 Å². The molecule has 2 aromatic rings. The third-order valence-electron chi connectivity index (χ3n) is 6.46. The Kier molecular flexibility index (Phi) is 5.31. The van der Waals surface area contributed by atoms with Gasteiger partial charge < -0.3 is 10.0 Å². The van der Waals surface area contributed by atoms with Crippen molar-refractivity contribution in [3.63, 3.8) is 0 Å². The molecule has 0 unspecified atom stereocenters. The lowest BCUT2D eigenvalue weighted by molar-refractivity contribution is -0.142. The van der Waals surface area contributed by atoms with Gasteiger partial charge in [0.15, 0.2) is 0 Å². The highest BCUT2D eigenvalue weighted by atomic mass is 16.4. The molecular weight excluding hydrogens is 334 g/mol. The van der Waals surface area contributed by atoms with Crippen LogP contribution in [0.4, 0.5) is 0 Å². The van der Waals surface area contributed by atoms with E-state index in [1.54, 1.807) is 0 Å². The van der Waals surface area contributed by atoms with Crippen LogP contribution >= 0.6 is 0 Å². The van der Waals surface area contributed by atoms with Crippen LogP contribution in [0.5, 0.6) is 0 Å². The van der Waals surface area contributed by atoms with Gasteiger partial charge in [-0.25, -0.2) is 0 Å². The minimum Gasteiger partial charge on any atom is -0.480 e. The minimum atomic E-state index is -0.931. The standard InChI is InChI=1S/C24H29NO2/c26-23(27)24(15-8-18-25-16-6-1-7-17-25)21-11-4-2-9-19(21)13-14-20-10-3-5-12-22(20)24/h2-5,9-12H,1,6-8,13-18H2,(H,26,27). The van der Waals surface area contributed by atoms with E-state index in [2.05, 4.69) is 17.0 Å². The SMILES string of the molecule is O=C(O)C1(CCCN2CCCCC2)c2ccccc2CCc2ccccc21. The summed E-state index contributed by atoms with van der Waals surface area (Å²) in [5.41, 5.74) is 3.45. The monoisotopic (exact) mass is 363 g/mol. The van der Waals surface area contributed by atoms with Crippen molar-refractivity contribution in [2.45, 2.75) is 50.4 Å². The van der Waals surface area contributed by atoms with Crippen molar-refractivity contribution in [2.24, 2.45) is 0 Å². The number of carboxylic acids is 1. The topological polar surface area (TPSA) is 40.5 Å². The fraction of sp³-hybridized carbons (Fsp3) is 0.458. The second kappa shape index (κ2) is 7.85. The molecule has 0 atom stereocenters. The molecule has 1 aliphatic carbocycles. The maximum atomic E-state index is 12.8. The van der Waals surface area contributed by atoms with E-state index in [-0.39, 0.29) is 0 Å². The van der Waals surface area contributed by atoms with Crippen LogP contribution in [-0.2, 0) is 23.1 Å². The van der Waals surface area contributed by atoms with Crippen LogP contribution in [0, 0.1) is 0 Å². The molecule has 0 aromatic heterocycles. The predicted octanol–water partition coefficient (Wildman–Crippen LogP) is 4.42. The Hall–Kier alpha value is -2.13. The van der Waals surface area contributed by atoms with Crippen LogP contribution in [0.25, 0.3) is 0 Å². The van der Waals surface area contributed by atoms with Crippen molar-refractivity contribution >= 4 is 5.97 Å². The number of fused-ring (bicyclic) bond motifs is 2. The molecular formula is C24H29NO2. The Morgan fingerprint density at radius 3 is 2.00 bits per heavy atom. The fourth-order valence-electron chi connectivity index (χ4n) is 5.08.